The molecule has 1 unspecified atom stereocenters. The molecule has 6 nitrogen and oxygen atoms in total. The van der Waals surface area contributed by atoms with Crippen LogP contribution in [0.15, 0.2) is 66.7 Å². The van der Waals surface area contributed by atoms with E-state index in [2.05, 4.69) is 14.9 Å². The molecule has 0 aliphatic carbocycles. The maximum absolute atomic E-state index is 13.9. The quantitative estimate of drug-likeness (QED) is 0.300. The predicted molar refractivity (Wildman–Crippen MR) is 128 cm³/mol. The lowest BCUT2D eigenvalue weighted by atomic mass is 9.90. The SMILES string of the molecule is COC(=O)[C@@H](Cc1ccc(Oc2ccc(CC3C(=O)Nc4ccccc43)c(C(F)(F)F)c2)cc1)NCl. The Kier molecular flexibility index (Phi) is 7.51. The first kappa shape index (κ1) is 25.5. The van der Waals surface area contributed by atoms with Crippen molar-refractivity contribution >= 4 is 29.3 Å². The van der Waals surface area contributed by atoms with Crippen molar-refractivity contribution in [3.8, 4) is 11.5 Å². The van der Waals surface area contributed by atoms with Gasteiger partial charge in [0.2, 0.25) is 5.91 Å². The molecule has 1 heterocycles. The Morgan fingerprint density at radius 2 is 1.78 bits per heavy atom. The van der Waals surface area contributed by atoms with Gasteiger partial charge in [-0.1, -0.05) is 36.4 Å². The number of carbonyl (C=O) groups excluding carboxylic acids is 2. The van der Waals surface area contributed by atoms with Crippen LogP contribution < -0.4 is 14.9 Å². The number of carbonyl (C=O) groups is 2. The molecule has 188 valence electrons. The summed E-state index contributed by atoms with van der Waals surface area (Å²) < 4.78 is 52.1. The molecule has 3 aromatic rings. The molecule has 10 heteroatoms. The van der Waals surface area contributed by atoms with Crippen LogP contribution in [0, 0.1) is 0 Å². The molecule has 0 bridgehead atoms. The van der Waals surface area contributed by atoms with Gasteiger partial charge in [0.05, 0.1) is 18.6 Å². The second kappa shape index (κ2) is 10.6. The largest absolute Gasteiger partial charge is 0.468 e. The summed E-state index contributed by atoms with van der Waals surface area (Å²) >= 11 is 5.59. The van der Waals surface area contributed by atoms with Crippen LogP contribution in [-0.2, 0) is 33.3 Å². The highest BCUT2D eigenvalue weighted by Gasteiger charge is 2.37. The van der Waals surface area contributed by atoms with Gasteiger partial charge in [-0.3, -0.25) is 9.59 Å². The summed E-state index contributed by atoms with van der Waals surface area (Å²) in [7, 11) is 1.25. The number of methoxy groups -OCH3 is 1. The molecule has 2 N–H and O–H groups in total. The van der Waals surface area contributed by atoms with Crippen molar-refractivity contribution in [1.29, 1.82) is 0 Å². The fourth-order valence-electron chi connectivity index (χ4n) is 4.13. The second-order valence-electron chi connectivity index (χ2n) is 8.28. The van der Waals surface area contributed by atoms with Gasteiger partial charge in [-0.2, -0.15) is 13.2 Å². The van der Waals surface area contributed by atoms with Crippen LogP contribution in [0.1, 0.15) is 28.2 Å². The number of para-hydroxylation sites is 1. The zero-order valence-electron chi connectivity index (χ0n) is 19.1. The highest BCUT2D eigenvalue weighted by molar-refractivity contribution is 6.14. The van der Waals surface area contributed by atoms with Crippen molar-refractivity contribution in [1.82, 2.24) is 4.84 Å². The molecule has 1 aliphatic heterocycles. The molecule has 0 aromatic heterocycles. The van der Waals surface area contributed by atoms with Crippen LogP contribution in [0.5, 0.6) is 11.5 Å². The number of ether oxygens (including phenoxy) is 2. The first-order valence-electron chi connectivity index (χ1n) is 11.0. The number of rotatable bonds is 8. The number of amides is 1. The Hall–Kier alpha value is -3.56. The Morgan fingerprint density at radius 3 is 2.44 bits per heavy atom. The molecule has 36 heavy (non-hydrogen) atoms. The van der Waals surface area contributed by atoms with Crippen LogP contribution in [-0.4, -0.2) is 25.0 Å². The molecule has 2 atom stereocenters. The fraction of sp³-hybridized carbons (Fsp3) is 0.231. The summed E-state index contributed by atoms with van der Waals surface area (Å²) in [6.07, 6.45) is -4.48. The third kappa shape index (κ3) is 5.63. The summed E-state index contributed by atoms with van der Waals surface area (Å²) in [5.74, 6) is -1.24. The molecule has 0 fully saturated rings. The molecular formula is C26H22ClF3N2O4. The van der Waals surface area contributed by atoms with Crippen molar-refractivity contribution in [2.45, 2.75) is 31.0 Å². The molecule has 0 saturated carbocycles. The maximum Gasteiger partial charge on any atom is 0.416 e. The van der Waals surface area contributed by atoms with Crippen LogP contribution in [0.2, 0.25) is 0 Å². The summed E-state index contributed by atoms with van der Waals surface area (Å²) in [5.41, 5.74) is 1.18. The predicted octanol–water partition coefficient (Wildman–Crippen LogP) is 5.60. The zero-order chi connectivity index (χ0) is 25.9. The van der Waals surface area contributed by atoms with Gasteiger partial charge < -0.3 is 14.8 Å². The van der Waals surface area contributed by atoms with E-state index in [1.165, 1.54) is 19.2 Å². The third-order valence-corrected chi connectivity index (χ3v) is 6.20. The molecule has 3 aromatic carbocycles. The van der Waals surface area contributed by atoms with E-state index in [-0.39, 0.29) is 30.1 Å². The number of esters is 1. The van der Waals surface area contributed by atoms with E-state index in [4.69, 9.17) is 16.5 Å². The second-order valence-corrected chi connectivity index (χ2v) is 8.50. The van der Waals surface area contributed by atoms with Gasteiger partial charge in [0.15, 0.2) is 0 Å². The lowest BCUT2D eigenvalue weighted by molar-refractivity contribution is -0.142. The average molecular weight is 519 g/mol. The van der Waals surface area contributed by atoms with E-state index < -0.39 is 29.7 Å². The van der Waals surface area contributed by atoms with Crippen LogP contribution in [0.25, 0.3) is 0 Å². The third-order valence-electron chi connectivity index (χ3n) is 5.94. The van der Waals surface area contributed by atoms with Gasteiger partial charge in [0.1, 0.15) is 17.5 Å². The summed E-state index contributed by atoms with van der Waals surface area (Å²) in [5, 5.41) is 2.72. The number of hydrogen-bond donors (Lipinski definition) is 2. The summed E-state index contributed by atoms with van der Waals surface area (Å²) in [6, 6.07) is 16.5. The van der Waals surface area contributed by atoms with Crippen LogP contribution in [0.3, 0.4) is 0 Å². The van der Waals surface area contributed by atoms with Crippen molar-refractivity contribution in [2.24, 2.45) is 0 Å². The minimum Gasteiger partial charge on any atom is -0.468 e. The number of fused-ring (bicyclic) bond motifs is 1. The molecule has 1 amide bonds. The summed E-state index contributed by atoms with van der Waals surface area (Å²) in [6.45, 7) is 0. The number of hydrogen-bond acceptors (Lipinski definition) is 5. The fourth-order valence-corrected chi connectivity index (χ4v) is 4.30. The van der Waals surface area contributed by atoms with Gasteiger partial charge in [0, 0.05) is 5.69 Å². The van der Waals surface area contributed by atoms with E-state index in [1.807, 2.05) is 0 Å². The lowest BCUT2D eigenvalue weighted by Gasteiger charge is -2.17. The molecule has 1 aliphatic rings. The van der Waals surface area contributed by atoms with E-state index in [0.29, 0.717) is 17.0 Å². The van der Waals surface area contributed by atoms with Gasteiger partial charge >= 0.3 is 12.1 Å². The minimum atomic E-state index is -4.63. The Balaban J connectivity index is 1.52. The summed E-state index contributed by atoms with van der Waals surface area (Å²) in [4.78, 5) is 26.4. The normalized spacial score (nSPS) is 15.7. The molecule has 4 rings (SSSR count). The van der Waals surface area contributed by atoms with Crippen molar-refractivity contribution in [3.63, 3.8) is 0 Å². The number of alkyl halides is 3. The van der Waals surface area contributed by atoms with Crippen LogP contribution in [0.4, 0.5) is 18.9 Å². The Labute approximate surface area is 210 Å². The highest BCUT2D eigenvalue weighted by Crippen LogP contribution is 2.40. The number of benzene rings is 3. The topological polar surface area (TPSA) is 76.7 Å². The van der Waals surface area contributed by atoms with E-state index in [9.17, 15) is 22.8 Å². The Morgan fingerprint density at radius 1 is 1.08 bits per heavy atom. The molecule has 0 spiro atoms. The van der Waals surface area contributed by atoms with Crippen LogP contribution >= 0.6 is 11.8 Å². The maximum atomic E-state index is 13.9. The van der Waals surface area contributed by atoms with Crippen molar-refractivity contribution in [2.75, 3.05) is 12.4 Å². The average Bonchev–Trinajstić information content (AvgIpc) is 3.18. The number of nitrogens with one attached hydrogen (secondary N) is 2. The minimum absolute atomic E-state index is 0.00415. The van der Waals surface area contributed by atoms with E-state index in [0.717, 1.165) is 11.6 Å². The first-order valence-corrected chi connectivity index (χ1v) is 11.4. The van der Waals surface area contributed by atoms with Gasteiger partial charge in [0.25, 0.3) is 0 Å². The molecule has 0 radical (unpaired) electrons. The van der Waals surface area contributed by atoms with E-state index in [1.54, 1.807) is 48.5 Å². The smallest absolute Gasteiger partial charge is 0.416 e. The van der Waals surface area contributed by atoms with Crippen molar-refractivity contribution in [3.05, 3.63) is 89.0 Å². The van der Waals surface area contributed by atoms with E-state index >= 15 is 0 Å². The van der Waals surface area contributed by atoms with Gasteiger partial charge in [-0.15, -0.1) is 0 Å². The van der Waals surface area contributed by atoms with Gasteiger partial charge in [-0.25, -0.2) is 4.84 Å². The van der Waals surface area contributed by atoms with Gasteiger partial charge in [-0.05, 0) is 71.6 Å². The Bertz CT molecular complexity index is 1260. The molecular weight excluding hydrogens is 497 g/mol. The highest BCUT2D eigenvalue weighted by atomic mass is 35.5. The number of halogens is 4. The van der Waals surface area contributed by atoms with Crippen molar-refractivity contribution < 1.29 is 32.2 Å². The lowest BCUT2D eigenvalue weighted by Crippen LogP contribution is -2.33. The standard InChI is InChI=1S/C26H22ClF3N2O4/c1-35-25(34)23(32-27)12-15-6-9-17(10-7-15)36-18-11-8-16(21(14-18)26(28,29)30)13-20-19-4-2-3-5-22(19)31-24(20)33/h2-11,14,20,23,32H,12-13H2,1H3,(H,31,33)/t20?,23-/m1/s1. The first-order chi connectivity index (χ1) is 17.2. The molecule has 0 saturated heterocycles. The number of anilines is 1. The zero-order valence-corrected chi connectivity index (χ0v) is 19.8. The monoisotopic (exact) mass is 518 g/mol.